The Morgan fingerprint density at radius 2 is 2.04 bits per heavy atom. The molecule has 0 aromatic carbocycles. The Hall–Kier alpha value is -1.77. The first-order chi connectivity index (χ1) is 13.1. The molecule has 0 bridgehead atoms. The van der Waals surface area contributed by atoms with Gasteiger partial charge in [0.15, 0.2) is 5.82 Å². The van der Waals surface area contributed by atoms with Gasteiger partial charge in [-0.15, -0.1) is 23.7 Å². The number of hydrogen-bond donors (Lipinski definition) is 1. The van der Waals surface area contributed by atoms with Gasteiger partial charge >= 0.3 is 0 Å². The molecule has 1 aliphatic heterocycles. The third-order valence-corrected chi connectivity index (χ3v) is 6.67. The van der Waals surface area contributed by atoms with Gasteiger partial charge < -0.3 is 14.7 Å². The highest BCUT2D eigenvalue weighted by molar-refractivity contribution is 7.18. The molecular weight excluding hydrogens is 396 g/mol. The van der Waals surface area contributed by atoms with Gasteiger partial charge in [-0.05, 0) is 46.2 Å². The maximum atomic E-state index is 5.55. The number of halogens is 1. The third-order valence-electron chi connectivity index (χ3n) is 5.55. The number of piperidine rings is 1. The lowest BCUT2D eigenvalue weighted by molar-refractivity contribution is 0.326. The molecule has 1 saturated heterocycles. The van der Waals surface area contributed by atoms with E-state index in [4.69, 9.17) is 4.52 Å². The molecule has 4 rings (SSSR count). The molecule has 9 heteroatoms. The van der Waals surface area contributed by atoms with Crippen molar-refractivity contribution in [1.29, 1.82) is 0 Å². The summed E-state index contributed by atoms with van der Waals surface area (Å²) in [6.45, 7) is 8.32. The second-order valence-electron chi connectivity index (χ2n) is 7.36. The van der Waals surface area contributed by atoms with Crippen molar-refractivity contribution in [2.75, 3.05) is 25.0 Å². The minimum atomic E-state index is 0. The van der Waals surface area contributed by atoms with Gasteiger partial charge in [0.25, 0.3) is 0 Å². The molecule has 1 N–H and O–H groups in total. The second-order valence-corrected chi connectivity index (χ2v) is 8.57. The highest BCUT2D eigenvalue weighted by Gasteiger charge is 2.27. The number of thiophene rings is 1. The van der Waals surface area contributed by atoms with Crippen LogP contribution in [0, 0.1) is 13.8 Å². The number of nitrogens with one attached hydrogen (secondary N) is 1. The fraction of sp³-hybridized carbons (Fsp3) is 0.579. The van der Waals surface area contributed by atoms with Crippen LogP contribution in [0.5, 0.6) is 0 Å². The van der Waals surface area contributed by atoms with Gasteiger partial charge in [0.1, 0.15) is 17.0 Å². The van der Waals surface area contributed by atoms with Gasteiger partial charge in [-0.3, -0.25) is 0 Å². The van der Waals surface area contributed by atoms with Crippen LogP contribution in [0.25, 0.3) is 10.2 Å². The summed E-state index contributed by atoms with van der Waals surface area (Å²) in [4.78, 5) is 18.5. The fourth-order valence-electron chi connectivity index (χ4n) is 3.63. The monoisotopic (exact) mass is 422 g/mol. The van der Waals surface area contributed by atoms with Crippen LogP contribution in [0.15, 0.2) is 10.9 Å². The lowest BCUT2D eigenvalue weighted by Gasteiger charge is -2.31. The second kappa shape index (κ2) is 8.71. The summed E-state index contributed by atoms with van der Waals surface area (Å²) < 4.78 is 5.55. The van der Waals surface area contributed by atoms with Crippen LogP contribution in [-0.2, 0) is 6.42 Å². The van der Waals surface area contributed by atoms with Crippen molar-refractivity contribution in [3.8, 4) is 0 Å². The molecule has 1 fully saturated rings. The summed E-state index contributed by atoms with van der Waals surface area (Å²) in [5.74, 6) is 2.96. The number of aromatic nitrogens is 4. The van der Waals surface area contributed by atoms with Crippen LogP contribution in [0.3, 0.4) is 0 Å². The number of rotatable bonds is 5. The van der Waals surface area contributed by atoms with Gasteiger partial charge in [-0.2, -0.15) is 4.98 Å². The molecule has 4 heterocycles. The molecule has 0 spiro atoms. The number of fused-ring (bicyclic) bond motifs is 1. The van der Waals surface area contributed by atoms with Crippen molar-refractivity contribution < 1.29 is 4.52 Å². The summed E-state index contributed by atoms with van der Waals surface area (Å²) in [5, 5.41) is 8.57. The lowest BCUT2D eigenvalue weighted by Crippen LogP contribution is -2.33. The van der Waals surface area contributed by atoms with E-state index in [0.29, 0.717) is 12.0 Å². The smallest absolute Gasteiger partial charge is 0.229 e. The lowest BCUT2D eigenvalue weighted by atomic mass is 9.96. The minimum absolute atomic E-state index is 0. The van der Waals surface area contributed by atoms with Crippen LogP contribution in [0.1, 0.15) is 47.8 Å². The molecule has 0 amide bonds. The molecule has 152 valence electrons. The van der Waals surface area contributed by atoms with Crippen LogP contribution < -0.4 is 10.2 Å². The Balaban J connectivity index is 0.00000225. The highest BCUT2D eigenvalue weighted by atomic mass is 35.5. The van der Waals surface area contributed by atoms with Gasteiger partial charge in [-0.1, -0.05) is 5.16 Å². The number of likely N-dealkylation sites (N-methyl/N-ethyl adjacent to an activating group) is 1. The standard InChI is InChI=1S/C19H26N6OS.ClH/c1-11(20-4)9-15-23-18(26-24-15)14-5-7-25(8-6-14)17-16-12(2)13(3)27-19(16)22-10-21-17;/h10-11,14,20H,5-9H2,1-4H3;1H. The Bertz CT molecular complexity index is 934. The number of nitrogens with zero attached hydrogens (tertiary/aromatic N) is 5. The first kappa shape index (κ1) is 21.0. The molecule has 3 aromatic rings. The summed E-state index contributed by atoms with van der Waals surface area (Å²) in [6, 6.07) is 0.342. The summed E-state index contributed by atoms with van der Waals surface area (Å²) in [6.07, 6.45) is 4.47. The first-order valence-electron chi connectivity index (χ1n) is 9.52. The normalized spacial score (nSPS) is 16.4. The molecule has 1 atom stereocenters. The largest absolute Gasteiger partial charge is 0.356 e. The average molecular weight is 423 g/mol. The molecule has 1 aliphatic rings. The van der Waals surface area contributed by atoms with E-state index in [1.54, 1.807) is 17.7 Å². The molecule has 3 aromatic heterocycles. The van der Waals surface area contributed by atoms with Gasteiger partial charge in [0.2, 0.25) is 5.89 Å². The number of hydrogen-bond acceptors (Lipinski definition) is 8. The van der Waals surface area contributed by atoms with E-state index in [1.165, 1.54) is 15.8 Å². The zero-order valence-corrected chi connectivity index (χ0v) is 18.4. The summed E-state index contributed by atoms with van der Waals surface area (Å²) >= 11 is 1.75. The number of anilines is 1. The fourth-order valence-corrected chi connectivity index (χ4v) is 4.63. The van der Waals surface area contributed by atoms with Crippen molar-refractivity contribution in [1.82, 2.24) is 25.4 Å². The third kappa shape index (κ3) is 3.99. The van der Waals surface area contributed by atoms with Crippen molar-refractivity contribution in [3.63, 3.8) is 0 Å². The minimum Gasteiger partial charge on any atom is -0.356 e. The number of aryl methyl sites for hydroxylation is 2. The Morgan fingerprint density at radius 3 is 2.75 bits per heavy atom. The highest BCUT2D eigenvalue weighted by Crippen LogP contribution is 2.36. The molecule has 1 unspecified atom stereocenters. The van der Waals surface area contributed by atoms with Crippen molar-refractivity contribution in [2.45, 2.75) is 52.0 Å². The van der Waals surface area contributed by atoms with E-state index >= 15 is 0 Å². The van der Waals surface area contributed by atoms with Crippen LogP contribution in [0.2, 0.25) is 0 Å². The topological polar surface area (TPSA) is 80.0 Å². The Labute approximate surface area is 175 Å². The van der Waals surface area contributed by atoms with Crippen molar-refractivity contribution in [2.24, 2.45) is 0 Å². The average Bonchev–Trinajstić information content (AvgIpc) is 3.26. The van der Waals surface area contributed by atoms with E-state index in [2.05, 4.69) is 51.1 Å². The summed E-state index contributed by atoms with van der Waals surface area (Å²) in [5.41, 5.74) is 1.30. The van der Waals surface area contributed by atoms with Gasteiger partial charge in [0.05, 0.1) is 5.39 Å². The zero-order valence-electron chi connectivity index (χ0n) is 16.7. The van der Waals surface area contributed by atoms with Crippen LogP contribution in [0.4, 0.5) is 5.82 Å². The quantitative estimate of drug-likeness (QED) is 0.672. The zero-order chi connectivity index (χ0) is 19.0. The van der Waals surface area contributed by atoms with E-state index in [9.17, 15) is 0 Å². The van der Waals surface area contributed by atoms with E-state index in [-0.39, 0.29) is 12.4 Å². The Kier molecular flexibility index (Phi) is 6.52. The van der Waals surface area contributed by atoms with Crippen molar-refractivity contribution in [3.05, 3.63) is 28.5 Å². The molecule has 0 saturated carbocycles. The van der Waals surface area contributed by atoms with Gasteiger partial charge in [0, 0.05) is 36.3 Å². The maximum Gasteiger partial charge on any atom is 0.229 e. The predicted octanol–water partition coefficient (Wildman–Crippen LogP) is 3.65. The van der Waals surface area contributed by atoms with Crippen LogP contribution in [-0.4, -0.2) is 46.3 Å². The predicted molar refractivity (Wildman–Crippen MR) is 115 cm³/mol. The Morgan fingerprint density at radius 1 is 1.29 bits per heavy atom. The van der Waals surface area contributed by atoms with Crippen LogP contribution >= 0.6 is 23.7 Å². The van der Waals surface area contributed by atoms with E-state index in [0.717, 1.165) is 54.7 Å². The van der Waals surface area contributed by atoms with Gasteiger partial charge in [-0.25, -0.2) is 9.97 Å². The molecule has 0 aliphatic carbocycles. The van der Waals surface area contributed by atoms with Crippen molar-refractivity contribution >= 4 is 39.8 Å². The molecule has 0 radical (unpaired) electrons. The SMILES string of the molecule is CNC(C)Cc1noc(C2CCN(c3ncnc4sc(C)c(C)c34)CC2)n1.Cl. The first-order valence-corrected chi connectivity index (χ1v) is 10.3. The molecular formula is C19H27ClN6OS. The maximum absolute atomic E-state index is 5.55. The van der Waals surface area contributed by atoms with E-state index in [1.807, 2.05) is 7.05 Å². The molecule has 28 heavy (non-hydrogen) atoms. The van der Waals surface area contributed by atoms with E-state index < -0.39 is 0 Å². The summed E-state index contributed by atoms with van der Waals surface area (Å²) in [7, 11) is 1.95. The molecule has 7 nitrogen and oxygen atoms in total.